The van der Waals surface area contributed by atoms with E-state index in [4.69, 9.17) is 17.3 Å². The summed E-state index contributed by atoms with van der Waals surface area (Å²) in [6, 6.07) is 5.82. The number of hydrogen-bond donors (Lipinski definition) is 2. The van der Waals surface area contributed by atoms with E-state index in [1.54, 1.807) is 11.3 Å². The highest BCUT2D eigenvalue weighted by Gasteiger charge is 2.32. The van der Waals surface area contributed by atoms with Crippen molar-refractivity contribution < 1.29 is 4.79 Å². The highest BCUT2D eigenvalue weighted by atomic mass is 35.5. The molecule has 1 aliphatic rings. The maximum atomic E-state index is 12.0. The van der Waals surface area contributed by atoms with E-state index in [0.29, 0.717) is 10.6 Å². The van der Waals surface area contributed by atoms with Crippen molar-refractivity contribution in [3.8, 4) is 0 Å². The molecule has 20 heavy (non-hydrogen) atoms. The third-order valence-electron chi connectivity index (χ3n) is 3.23. The molecule has 3 nitrogen and oxygen atoms in total. The van der Waals surface area contributed by atoms with Gasteiger partial charge in [0.05, 0.1) is 19.9 Å². The molecular weight excluding hydrogens is 312 g/mol. The molecule has 1 fully saturated rings. The zero-order chi connectivity index (χ0) is 14.1. The first-order chi connectivity index (χ1) is 9.63. The molecule has 0 saturated heterocycles. The largest absolute Gasteiger partial charge is 0.397 e. The number of thiophene rings is 2. The molecule has 3 rings (SSSR count). The Morgan fingerprint density at radius 3 is 2.85 bits per heavy atom. The van der Waals surface area contributed by atoms with Crippen LogP contribution in [0.1, 0.15) is 27.4 Å². The Bertz CT molecular complexity index is 631. The molecule has 0 unspecified atom stereocenters. The van der Waals surface area contributed by atoms with Gasteiger partial charge in [0.1, 0.15) is 0 Å². The van der Waals surface area contributed by atoms with Crippen LogP contribution in [0.25, 0.3) is 0 Å². The summed E-state index contributed by atoms with van der Waals surface area (Å²) in [5.74, 6) is 0.433. The van der Waals surface area contributed by atoms with E-state index in [2.05, 4.69) is 5.32 Å². The van der Waals surface area contributed by atoms with Gasteiger partial charge in [0, 0.05) is 17.3 Å². The number of nitrogen functional groups attached to an aromatic ring is 1. The lowest BCUT2D eigenvalue weighted by Crippen LogP contribution is -2.02. The quantitative estimate of drug-likeness (QED) is 0.778. The summed E-state index contributed by atoms with van der Waals surface area (Å²) in [5.41, 5.74) is 6.53. The summed E-state index contributed by atoms with van der Waals surface area (Å²) in [6.45, 7) is 0.813. The third kappa shape index (κ3) is 3.16. The minimum Gasteiger partial charge on any atom is -0.397 e. The highest BCUT2D eigenvalue weighted by molar-refractivity contribution is 7.18. The molecule has 1 aliphatic carbocycles. The van der Waals surface area contributed by atoms with Crippen LogP contribution in [0, 0.1) is 5.92 Å². The van der Waals surface area contributed by atoms with Crippen molar-refractivity contribution in [2.24, 2.45) is 5.92 Å². The van der Waals surface area contributed by atoms with Crippen LogP contribution in [0.4, 0.5) is 10.7 Å². The van der Waals surface area contributed by atoms with Crippen LogP contribution in [0.15, 0.2) is 18.2 Å². The molecule has 1 saturated carbocycles. The molecule has 0 radical (unpaired) electrons. The average Bonchev–Trinajstić information content (AvgIpc) is 3.09. The van der Waals surface area contributed by atoms with Crippen LogP contribution >= 0.6 is 34.3 Å². The SMILES string of the molecule is Nc1cc(NCCc2ccc(Cl)s2)sc1C(=O)C1CC1. The lowest BCUT2D eigenvalue weighted by Gasteiger charge is -2.01. The Morgan fingerprint density at radius 1 is 1.40 bits per heavy atom. The van der Waals surface area contributed by atoms with Gasteiger partial charge in [-0.25, -0.2) is 0 Å². The van der Waals surface area contributed by atoms with E-state index in [1.807, 2.05) is 18.2 Å². The fraction of sp³-hybridized carbons (Fsp3) is 0.357. The molecule has 106 valence electrons. The number of rotatable bonds is 6. The zero-order valence-electron chi connectivity index (χ0n) is 10.8. The van der Waals surface area contributed by atoms with Gasteiger partial charge in [0.15, 0.2) is 5.78 Å². The molecule has 2 aromatic rings. The molecule has 3 N–H and O–H groups in total. The molecular formula is C14H15ClN2OS2. The van der Waals surface area contributed by atoms with Crippen molar-refractivity contribution in [2.45, 2.75) is 19.3 Å². The van der Waals surface area contributed by atoms with E-state index >= 15 is 0 Å². The van der Waals surface area contributed by atoms with E-state index < -0.39 is 0 Å². The molecule has 0 bridgehead atoms. The lowest BCUT2D eigenvalue weighted by atomic mass is 10.2. The Morgan fingerprint density at radius 2 is 2.20 bits per heavy atom. The van der Waals surface area contributed by atoms with Gasteiger partial charge >= 0.3 is 0 Å². The topological polar surface area (TPSA) is 55.1 Å². The van der Waals surface area contributed by atoms with Crippen LogP contribution < -0.4 is 11.1 Å². The summed E-state index contributed by atoms with van der Waals surface area (Å²) in [5, 5.41) is 4.29. The summed E-state index contributed by atoms with van der Waals surface area (Å²) in [6.07, 6.45) is 2.94. The zero-order valence-corrected chi connectivity index (χ0v) is 13.2. The first kappa shape index (κ1) is 13.9. The number of nitrogens with two attached hydrogens (primary N) is 1. The number of hydrogen-bond acceptors (Lipinski definition) is 5. The highest BCUT2D eigenvalue weighted by Crippen LogP contribution is 2.38. The molecule has 0 atom stereocenters. The van der Waals surface area contributed by atoms with Crippen LogP contribution in [0.5, 0.6) is 0 Å². The number of nitrogens with one attached hydrogen (secondary N) is 1. The number of carbonyl (C=O) groups excluding carboxylic acids is 1. The minimum atomic E-state index is 0.214. The minimum absolute atomic E-state index is 0.214. The van der Waals surface area contributed by atoms with Crippen molar-refractivity contribution in [1.29, 1.82) is 0 Å². The summed E-state index contributed by atoms with van der Waals surface area (Å²) < 4.78 is 0.817. The molecule has 2 heterocycles. The molecule has 0 aliphatic heterocycles. The number of halogens is 1. The number of ketones is 1. The number of anilines is 2. The first-order valence-corrected chi connectivity index (χ1v) is 8.56. The first-order valence-electron chi connectivity index (χ1n) is 6.55. The number of Topliss-reactive ketones (excluding diaryl/α,β-unsaturated/α-hetero) is 1. The second-order valence-corrected chi connectivity index (χ2v) is 7.77. The predicted molar refractivity (Wildman–Crippen MR) is 87.3 cm³/mol. The maximum absolute atomic E-state index is 12.0. The Hall–Kier alpha value is -1.04. The van der Waals surface area contributed by atoms with Crippen LogP contribution in [-0.4, -0.2) is 12.3 Å². The van der Waals surface area contributed by atoms with E-state index in [-0.39, 0.29) is 11.7 Å². The van der Waals surface area contributed by atoms with Crippen molar-refractivity contribution in [2.75, 3.05) is 17.6 Å². The van der Waals surface area contributed by atoms with Crippen LogP contribution in [0.3, 0.4) is 0 Å². The van der Waals surface area contributed by atoms with Gasteiger partial charge in [-0.1, -0.05) is 11.6 Å². The summed E-state index contributed by atoms with van der Waals surface area (Å²) in [7, 11) is 0. The fourth-order valence-electron chi connectivity index (χ4n) is 2.01. The lowest BCUT2D eigenvalue weighted by molar-refractivity contribution is 0.0972. The van der Waals surface area contributed by atoms with Gasteiger partial charge in [-0.15, -0.1) is 22.7 Å². The van der Waals surface area contributed by atoms with E-state index in [9.17, 15) is 4.79 Å². The van der Waals surface area contributed by atoms with Crippen molar-refractivity contribution >= 4 is 50.7 Å². The van der Waals surface area contributed by atoms with Gasteiger partial charge in [0.25, 0.3) is 0 Å². The van der Waals surface area contributed by atoms with E-state index in [0.717, 1.165) is 35.1 Å². The Kier molecular flexibility index (Phi) is 4.01. The normalized spacial score (nSPS) is 14.4. The smallest absolute Gasteiger partial charge is 0.178 e. The van der Waals surface area contributed by atoms with Crippen molar-refractivity contribution in [3.63, 3.8) is 0 Å². The van der Waals surface area contributed by atoms with Gasteiger partial charge < -0.3 is 11.1 Å². The van der Waals surface area contributed by atoms with Crippen molar-refractivity contribution in [1.82, 2.24) is 0 Å². The second kappa shape index (κ2) is 5.76. The standard InChI is InChI=1S/C14H15ClN2OS2/c15-11-4-3-9(19-11)5-6-17-12-7-10(16)14(20-12)13(18)8-1-2-8/h3-4,7-8,17H,1-2,5-6,16H2. The van der Waals surface area contributed by atoms with Gasteiger partial charge in [0.2, 0.25) is 0 Å². The molecule has 0 amide bonds. The number of carbonyl (C=O) groups is 1. The fourth-order valence-corrected chi connectivity index (χ4v) is 4.12. The monoisotopic (exact) mass is 326 g/mol. The molecule has 6 heteroatoms. The van der Waals surface area contributed by atoms with Crippen molar-refractivity contribution in [3.05, 3.63) is 32.3 Å². The van der Waals surface area contributed by atoms with E-state index in [1.165, 1.54) is 16.2 Å². The molecule has 0 spiro atoms. The second-order valence-electron chi connectivity index (χ2n) is 4.92. The molecule has 2 aromatic heterocycles. The summed E-state index contributed by atoms with van der Waals surface area (Å²) in [4.78, 5) is 14.0. The maximum Gasteiger partial charge on any atom is 0.178 e. The third-order valence-corrected chi connectivity index (χ3v) is 5.65. The van der Waals surface area contributed by atoms with Crippen LogP contribution in [0.2, 0.25) is 4.34 Å². The summed E-state index contributed by atoms with van der Waals surface area (Å²) >= 11 is 8.96. The Labute approximate surface area is 130 Å². The Balaban J connectivity index is 1.57. The van der Waals surface area contributed by atoms with Crippen LogP contribution in [-0.2, 0) is 6.42 Å². The van der Waals surface area contributed by atoms with Gasteiger partial charge in [-0.3, -0.25) is 4.79 Å². The van der Waals surface area contributed by atoms with Gasteiger partial charge in [-0.05, 0) is 37.5 Å². The average molecular weight is 327 g/mol. The molecule has 0 aromatic carbocycles. The predicted octanol–water partition coefficient (Wildman–Crippen LogP) is 4.29. The van der Waals surface area contributed by atoms with Gasteiger partial charge in [-0.2, -0.15) is 0 Å².